The molecule has 0 spiro atoms. The predicted molar refractivity (Wildman–Crippen MR) is 115 cm³/mol. The van der Waals surface area contributed by atoms with E-state index < -0.39 is 30.8 Å². The zero-order chi connectivity index (χ0) is 23.3. The van der Waals surface area contributed by atoms with E-state index in [2.05, 4.69) is 25.3 Å². The highest BCUT2D eigenvalue weighted by molar-refractivity contribution is 6.05. The molecular weight excluding hydrogens is 439 g/mol. The van der Waals surface area contributed by atoms with Crippen molar-refractivity contribution < 1.29 is 22.8 Å². The van der Waals surface area contributed by atoms with Gasteiger partial charge in [-0.2, -0.15) is 18.2 Å². The number of amides is 2. The summed E-state index contributed by atoms with van der Waals surface area (Å²) >= 11 is 0. The number of H-pyrrole nitrogens is 1. The Balaban J connectivity index is 1.43. The first kappa shape index (κ1) is 21.2. The second kappa shape index (κ2) is 7.71. The van der Waals surface area contributed by atoms with Gasteiger partial charge in [0.1, 0.15) is 11.3 Å². The van der Waals surface area contributed by atoms with E-state index >= 15 is 0 Å². The number of ketones is 1. The normalized spacial score (nSPS) is 17.4. The number of aromatic nitrogens is 4. The highest BCUT2D eigenvalue weighted by Crippen LogP contribution is 2.39. The minimum absolute atomic E-state index is 0.0992. The van der Waals surface area contributed by atoms with Crippen molar-refractivity contribution in [2.45, 2.75) is 38.4 Å². The van der Waals surface area contributed by atoms with Crippen molar-refractivity contribution in [1.29, 1.82) is 0 Å². The molecule has 9 nitrogen and oxygen atoms in total. The highest BCUT2D eigenvalue weighted by Gasteiger charge is 2.41. The molecule has 0 unspecified atom stereocenters. The molecule has 1 atom stereocenters. The standard InChI is InChI=1S/C21H20F3N7O2/c1-11-8-25-17-13(11)9-26-19(28-17)29-20(33)31-12-5-7-30(10-12)15-3-2-14(27-18(15)31)16(32)4-6-21(22,23)24/h2-3,8-9,12H,4-7,10H2,1H3,(H2,25,26,28,29,33)/t12-/m0/s1. The fourth-order valence-electron chi connectivity index (χ4n) is 4.26. The molecule has 2 bridgehead atoms. The van der Waals surface area contributed by atoms with E-state index in [9.17, 15) is 22.8 Å². The number of alkyl halides is 3. The van der Waals surface area contributed by atoms with Crippen molar-refractivity contribution in [1.82, 2.24) is 19.9 Å². The van der Waals surface area contributed by atoms with Crippen molar-refractivity contribution in [2.24, 2.45) is 0 Å². The maximum atomic E-state index is 13.2. The predicted octanol–water partition coefficient (Wildman–Crippen LogP) is 3.82. The summed E-state index contributed by atoms with van der Waals surface area (Å²) in [7, 11) is 0. The van der Waals surface area contributed by atoms with Gasteiger partial charge in [-0.05, 0) is 31.0 Å². The molecule has 3 aromatic heterocycles. The van der Waals surface area contributed by atoms with Crippen LogP contribution in [0, 0.1) is 6.92 Å². The first-order chi connectivity index (χ1) is 15.7. The van der Waals surface area contributed by atoms with E-state index in [1.807, 2.05) is 11.8 Å². The van der Waals surface area contributed by atoms with Crippen LogP contribution in [-0.2, 0) is 0 Å². The number of nitrogens with zero attached hydrogens (tertiary/aromatic N) is 5. The Labute approximate surface area is 186 Å². The number of carbonyl (C=O) groups is 2. The van der Waals surface area contributed by atoms with Crippen LogP contribution < -0.4 is 15.1 Å². The molecule has 12 heteroatoms. The lowest BCUT2D eigenvalue weighted by molar-refractivity contribution is -0.133. The van der Waals surface area contributed by atoms with Gasteiger partial charge >= 0.3 is 12.2 Å². The van der Waals surface area contributed by atoms with Crippen LogP contribution in [0.2, 0.25) is 0 Å². The maximum absolute atomic E-state index is 13.2. The molecule has 1 fully saturated rings. The van der Waals surface area contributed by atoms with E-state index in [4.69, 9.17) is 0 Å². The van der Waals surface area contributed by atoms with Crippen LogP contribution in [0.4, 0.5) is 35.4 Å². The Bertz CT molecular complexity index is 1260. The molecule has 0 aliphatic carbocycles. The topological polar surface area (TPSA) is 107 Å². The number of pyridine rings is 1. The largest absolute Gasteiger partial charge is 0.389 e. The summed E-state index contributed by atoms with van der Waals surface area (Å²) < 4.78 is 37.6. The van der Waals surface area contributed by atoms with Crippen molar-refractivity contribution in [2.75, 3.05) is 28.2 Å². The zero-order valence-corrected chi connectivity index (χ0v) is 17.6. The smallest absolute Gasteiger partial charge is 0.366 e. The summed E-state index contributed by atoms with van der Waals surface area (Å²) in [5.41, 5.74) is 2.12. The minimum atomic E-state index is -4.43. The van der Waals surface area contributed by atoms with E-state index in [-0.39, 0.29) is 23.5 Å². The van der Waals surface area contributed by atoms with Crippen molar-refractivity contribution in [3.8, 4) is 0 Å². The number of aromatic amines is 1. The molecular formula is C21H20F3N7O2. The lowest BCUT2D eigenvalue weighted by Gasteiger charge is -2.35. The van der Waals surface area contributed by atoms with Gasteiger partial charge in [0.2, 0.25) is 5.95 Å². The molecule has 5 heterocycles. The van der Waals surface area contributed by atoms with E-state index in [1.54, 1.807) is 18.5 Å². The average Bonchev–Trinajstić information content (AvgIpc) is 3.35. The Morgan fingerprint density at radius 2 is 2.09 bits per heavy atom. The van der Waals surface area contributed by atoms with Crippen LogP contribution in [0.15, 0.2) is 24.5 Å². The minimum Gasteiger partial charge on any atom is -0.366 e. The van der Waals surface area contributed by atoms with E-state index in [1.165, 1.54) is 11.0 Å². The Morgan fingerprint density at radius 3 is 2.88 bits per heavy atom. The number of rotatable bonds is 4. The third-order valence-corrected chi connectivity index (χ3v) is 5.95. The molecule has 172 valence electrons. The SMILES string of the molecule is Cc1c[nH]c2nc(NC(=O)N3c4nc(C(=O)CCC(F)(F)F)ccc4N4CC[C@H]3C4)ncc12. The van der Waals surface area contributed by atoms with Crippen LogP contribution in [0.25, 0.3) is 11.0 Å². The fourth-order valence-corrected chi connectivity index (χ4v) is 4.26. The van der Waals surface area contributed by atoms with Gasteiger partial charge < -0.3 is 9.88 Å². The van der Waals surface area contributed by atoms with Crippen molar-refractivity contribution >= 4 is 40.3 Å². The lowest BCUT2D eigenvalue weighted by Crippen LogP contribution is -2.48. The molecule has 0 saturated carbocycles. The van der Waals surface area contributed by atoms with Gasteiger partial charge in [-0.1, -0.05) is 0 Å². The number of Topliss-reactive ketones (excluding diaryl/α,β-unsaturated/α-hetero) is 1. The molecule has 2 N–H and O–H groups in total. The first-order valence-electron chi connectivity index (χ1n) is 10.5. The molecule has 2 aliphatic rings. The fraction of sp³-hybridized carbons (Fsp3) is 0.381. The number of hydrogen-bond donors (Lipinski definition) is 2. The summed E-state index contributed by atoms with van der Waals surface area (Å²) in [6.07, 6.45) is -2.25. The Hall–Kier alpha value is -3.70. The van der Waals surface area contributed by atoms with E-state index in [0.717, 1.165) is 10.9 Å². The second-order valence-corrected chi connectivity index (χ2v) is 8.19. The van der Waals surface area contributed by atoms with Gasteiger partial charge in [-0.3, -0.25) is 15.0 Å². The summed E-state index contributed by atoms with van der Waals surface area (Å²) in [6.45, 7) is 3.21. The van der Waals surface area contributed by atoms with Gasteiger partial charge in [0.25, 0.3) is 0 Å². The average molecular weight is 459 g/mol. The molecule has 33 heavy (non-hydrogen) atoms. The molecule has 5 rings (SSSR count). The summed E-state index contributed by atoms with van der Waals surface area (Å²) in [5, 5.41) is 3.52. The monoisotopic (exact) mass is 459 g/mol. The number of urea groups is 1. The lowest BCUT2D eigenvalue weighted by atomic mass is 10.1. The van der Waals surface area contributed by atoms with Crippen molar-refractivity contribution in [3.63, 3.8) is 0 Å². The molecule has 2 aliphatic heterocycles. The third kappa shape index (κ3) is 3.96. The molecule has 1 saturated heterocycles. The number of halogens is 3. The Kier molecular flexibility index (Phi) is 4.94. The van der Waals surface area contributed by atoms with Crippen LogP contribution >= 0.6 is 0 Å². The van der Waals surface area contributed by atoms with Gasteiger partial charge in [0.05, 0.1) is 18.2 Å². The molecule has 0 radical (unpaired) electrons. The second-order valence-electron chi connectivity index (χ2n) is 8.19. The van der Waals surface area contributed by atoms with Crippen LogP contribution in [0.3, 0.4) is 0 Å². The summed E-state index contributed by atoms with van der Waals surface area (Å²) in [6, 6.07) is 2.34. The summed E-state index contributed by atoms with van der Waals surface area (Å²) in [5.74, 6) is -0.371. The summed E-state index contributed by atoms with van der Waals surface area (Å²) in [4.78, 5) is 44.9. The molecule has 2 amide bonds. The van der Waals surface area contributed by atoms with Crippen LogP contribution in [0.1, 0.15) is 35.3 Å². The molecule has 3 aromatic rings. The number of anilines is 3. The van der Waals surface area contributed by atoms with Gasteiger partial charge in [0.15, 0.2) is 11.6 Å². The van der Waals surface area contributed by atoms with Crippen LogP contribution in [0.5, 0.6) is 0 Å². The Morgan fingerprint density at radius 1 is 1.27 bits per heavy atom. The maximum Gasteiger partial charge on any atom is 0.389 e. The number of carbonyl (C=O) groups excluding carboxylic acids is 2. The van der Waals surface area contributed by atoms with Gasteiger partial charge in [0, 0.05) is 37.3 Å². The zero-order valence-electron chi connectivity index (χ0n) is 17.6. The van der Waals surface area contributed by atoms with Gasteiger partial charge in [-0.15, -0.1) is 0 Å². The van der Waals surface area contributed by atoms with Crippen molar-refractivity contribution in [3.05, 3.63) is 35.8 Å². The number of aryl methyl sites for hydroxylation is 1. The molecule has 0 aromatic carbocycles. The van der Waals surface area contributed by atoms with Crippen LogP contribution in [-0.4, -0.2) is 57.1 Å². The first-order valence-corrected chi connectivity index (χ1v) is 10.5. The number of hydrogen-bond acceptors (Lipinski definition) is 6. The number of fused-ring (bicyclic) bond motifs is 5. The van der Waals surface area contributed by atoms with Gasteiger partial charge in [-0.25, -0.2) is 14.8 Å². The quantitative estimate of drug-likeness (QED) is 0.575. The highest BCUT2D eigenvalue weighted by atomic mass is 19.4. The number of nitrogens with one attached hydrogen (secondary N) is 2. The third-order valence-electron chi connectivity index (χ3n) is 5.95. The van der Waals surface area contributed by atoms with E-state index in [0.29, 0.717) is 30.8 Å².